The molecule has 0 aromatic heterocycles. The molecule has 1 atom stereocenters. The molecule has 0 bridgehead atoms. The lowest BCUT2D eigenvalue weighted by Gasteiger charge is -2.21. The summed E-state index contributed by atoms with van der Waals surface area (Å²) < 4.78 is 0. The number of likely N-dealkylation sites (tertiary alicyclic amines) is 1. The zero-order chi connectivity index (χ0) is 12.8. The maximum atomic E-state index is 11.8. The van der Waals surface area contributed by atoms with Gasteiger partial charge < -0.3 is 15.3 Å². The molecule has 5 nitrogen and oxygen atoms in total. The van der Waals surface area contributed by atoms with Crippen molar-refractivity contribution in [1.82, 2.24) is 10.2 Å². The molecule has 1 heterocycles. The highest BCUT2D eigenvalue weighted by Crippen LogP contribution is 2.17. The summed E-state index contributed by atoms with van der Waals surface area (Å²) in [6.45, 7) is 5.46. The Morgan fingerprint density at radius 2 is 2.18 bits per heavy atom. The van der Waals surface area contributed by atoms with E-state index in [1.54, 1.807) is 0 Å². The summed E-state index contributed by atoms with van der Waals surface area (Å²) >= 11 is 0. The molecule has 1 aliphatic heterocycles. The van der Waals surface area contributed by atoms with E-state index in [2.05, 4.69) is 19.2 Å². The molecule has 0 aromatic carbocycles. The summed E-state index contributed by atoms with van der Waals surface area (Å²) in [4.78, 5) is 24.1. The van der Waals surface area contributed by atoms with Gasteiger partial charge in [-0.05, 0) is 31.6 Å². The van der Waals surface area contributed by atoms with Gasteiger partial charge in [0.25, 0.3) is 0 Å². The van der Waals surface area contributed by atoms with Crippen LogP contribution in [-0.4, -0.2) is 41.1 Å². The lowest BCUT2D eigenvalue weighted by atomic mass is 10.1. The number of hydrogen-bond donors (Lipinski definition) is 2. The van der Waals surface area contributed by atoms with Gasteiger partial charge in [0.2, 0.25) is 0 Å². The minimum Gasteiger partial charge on any atom is -0.480 e. The van der Waals surface area contributed by atoms with Crippen LogP contribution in [-0.2, 0) is 4.79 Å². The van der Waals surface area contributed by atoms with Gasteiger partial charge in [-0.2, -0.15) is 0 Å². The molecule has 2 amide bonds. The molecule has 1 fully saturated rings. The van der Waals surface area contributed by atoms with Crippen LogP contribution in [0.2, 0.25) is 0 Å². The normalized spacial score (nSPS) is 19.7. The Bertz CT molecular complexity index is 279. The highest BCUT2D eigenvalue weighted by Gasteiger charge is 2.33. The van der Waals surface area contributed by atoms with E-state index in [1.807, 2.05) is 0 Å². The van der Waals surface area contributed by atoms with Crippen LogP contribution in [0.1, 0.15) is 39.5 Å². The summed E-state index contributed by atoms with van der Waals surface area (Å²) in [6.07, 6.45) is 3.35. The first-order valence-electron chi connectivity index (χ1n) is 6.29. The Balaban J connectivity index is 2.29. The zero-order valence-corrected chi connectivity index (χ0v) is 10.6. The van der Waals surface area contributed by atoms with Gasteiger partial charge in [-0.25, -0.2) is 9.59 Å². The van der Waals surface area contributed by atoms with E-state index in [4.69, 9.17) is 5.11 Å². The summed E-state index contributed by atoms with van der Waals surface area (Å²) in [6, 6.07) is -0.876. The fourth-order valence-electron chi connectivity index (χ4n) is 2.07. The molecule has 1 aliphatic rings. The predicted molar refractivity (Wildman–Crippen MR) is 64.8 cm³/mol. The Hall–Kier alpha value is -1.26. The molecule has 0 saturated carbocycles. The molecule has 0 spiro atoms. The second-order valence-corrected chi connectivity index (χ2v) is 4.96. The van der Waals surface area contributed by atoms with Crippen LogP contribution in [0.25, 0.3) is 0 Å². The number of nitrogens with one attached hydrogen (secondary N) is 1. The van der Waals surface area contributed by atoms with E-state index >= 15 is 0 Å². The molecule has 0 unspecified atom stereocenters. The lowest BCUT2D eigenvalue weighted by Crippen LogP contribution is -2.46. The third-order valence-electron chi connectivity index (χ3n) is 3.03. The second kappa shape index (κ2) is 6.47. The fraction of sp³-hybridized carbons (Fsp3) is 0.833. The van der Waals surface area contributed by atoms with Gasteiger partial charge in [0.1, 0.15) is 6.04 Å². The minimum absolute atomic E-state index is 0.237. The van der Waals surface area contributed by atoms with Crippen molar-refractivity contribution in [3.05, 3.63) is 0 Å². The fourth-order valence-corrected chi connectivity index (χ4v) is 2.07. The van der Waals surface area contributed by atoms with Crippen LogP contribution >= 0.6 is 0 Å². The Morgan fingerprint density at radius 3 is 2.76 bits per heavy atom. The van der Waals surface area contributed by atoms with E-state index < -0.39 is 12.0 Å². The molecular weight excluding hydrogens is 220 g/mol. The average molecular weight is 242 g/mol. The van der Waals surface area contributed by atoms with Crippen molar-refractivity contribution in [2.45, 2.75) is 45.6 Å². The molecule has 0 aliphatic carbocycles. The number of hydrogen-bond acceptors (Lipinski definition) is 2. The first-order valence-corrected chi connectivity index (χ1v) is 6.29. The van der Waals surface area contributed by atoms with Gasteiger partial charge >= 0.3 is 12.0 Å². The van der Waals surface area contributed by atoms with E-state index in [9.17, 15) is 9.59 Å². The first kappa shape index (κ1) is 13.8. The molecule has 0 aromatic rings. The van der Waals surface area contributed by atoms with Crippen molar-refractivity contribution < 1.29 is 14.7 Å². The monoisotopic (exact) mass is 242 g/mol. The number of rotatable bonds is 5. The molecule has 5 heteroatoms. The number of carboxylic acid groups (broad SMARTS) is 1. The number of urea groups is 1. The quantitative estimate of drug-likeness (QED) is 0.721. The summed E-state index contributed by atoms with van der Waals surface area (Å²) in [7, 11) is 0. The Morgan fingerprint density at radius 1 is 1.47 bits per heavy atom. The number of amides is 2. The van der Waals surface area contributed by atoms with Crippen molar-refractivity contribution in [1.29, 1.82) is 0 Å². The van der Waals surface area contributed by atoms with Crippen LogP contribution in [0.5, 0.6) is 0 Å². The Kier molecular flexibility index (Phi) is 5.25. The highest BCUT2D eigenvalue weighted by atomic mass is 16.4. The molecule has 17 heavy (non-hydrogen) atoms. The lowest BCUT2D eigenvalue weighted by molar-refractivity contribution is -0.141. The number of carboxylic acids is 1. The van der Waals surface area contributed by atoms with Crippen LogP contribution < -0.4 is 5.32 Å². The largest absolute Gasteiger partial charge is 0.480 e. The summed E-state index contributed by atoms with van der Waals surface area (Å²) in [5.41, 5.74) is 0. The minimum atomic E-state index is -0.903. The average Bonchev–Trinajstić information content (AvgIpc) is 2.72. The van der Waals surface area contributed by atoms with Crippen LogP contribution in [0.3, 0.4) is 0 Å². The van der Waals surface area contributed by atoms with Crippen molar-refractivity contribution in [2.75, 3.05) is 13.1 Å². The third kappa shape index (κ3) is 4.24. The van der Waals surface area contributed by atoms with Crippen LogP contribution in [0.15, 0.2) is 0 Å². The van der Waals surface area contributed by atoms with Gasteiger partial charge in [0.05, 0.1) is 0 Å². The van der Waals surface area contributed by atoms with Crippen molar-refractivity contribution in [3.63, 3.8) is 0 Å². The maximum Gasteiger partial charge on any atom is 0.326 e. The molecule has 98 valence electrons. The molecular formula is C12H22N2O3. The molecule has 1 saturated heterocycles. The van der Waals surface area contributed by atoms with E-state index in [-0.39, 0.29) is 6.03 Å². The smallest absolute Gasteiger partial charge is 0.326 e. The number of aliphatic carboxylic acids is 1. The van der Waals surface area contributed by atoms with Crippen LogP contribution in [0, 0.1) is 5.92 Å². The van der Waals surface area contributed by atoms with Gasteiger partial charge in [0.15, 0.2) is 0 Å². The topological polar surface area (TPSA) is 69.6 Å². The van der Waals surface area contributed by atoms with Gasteiger partial charge in [0, 0.05) is 13.1 Å². The molecule has 2 N–H and O–H groups in total. The summed E-state index contributed by atoms with van der Waals surface area (Å²) in [5.74, 6) is -0.273. The predicted octanol–water partition coefficient (Wildman–Crippen LogP) is 1.68. The molecule has 1 rings (SSSR count). The summed E-state index contributed by atoms with van der Waals surface area (Å²) in [5, 5.41) is 11.7. The number of carbonyl (C=O) groups is 2. The third-order valence-corrected chi connectivity index (χ3v) is 3.03. The second-order valence-electron chi connectivity index (χ2n) is 4.96. The van der Waals surface area contributed by atoms with Crippen LogP contribution in [0.4, 0.5) is 4.79 Å². The number of nitrogens with zero attached hydrogens (tertiary/aromatic N) is 1. The number of carbonyl (C=O) groups excluding carboxylic acids is 1. The SMILES string of the molecule is CC(C)CCCNC(=O)N1CCC[C@@H]1C(=O)O. The van der Waals surface area contributed by atoms with Crippen molar-refractivity contribution in [3.8, 4) is 0 Å². The molecule has 0 radical (unpaired) electrons. The Labute approximate surface area is 102 Å². The maximum absolute atomic E-state index is 11.8. The van der Waals surface area contributed by atoms with Crippen molar-refractivity contribution >= 4 is 12.0 Å². The van der Waals surface area contributed by atoms with E-state index in [1.165, 1.54) is 4.90 Å². The van der Waals surface area contributed by atoms with Crippen molar-refractivity contribution in [2.24, 2.45) is 5.92 Å². The van der Waals surface area contributed by atoms with E-state index in [0.29, 0.717) is 25.4 Å². The van der Waals surface area contributed by atoms with Gasteiger partial charge in [-0.1, -0.05) is 13.8 Å². The first-order chi connectivity index (χ1) is 8.02. The standard InChI is InChI=1S/C12H22N2O3/c1-9(2)5-3-7-13-12(17)14-8-4-6-10(14)11(15)16/h9-10H,3-8H2,1-2H3,(H,13,17)(H,15,16)/t10-/m1/s1. The zero-order valence-electron chi connectivity index (χ0n) is 10.6. The van der Waals surface area contributed by atoms with Gasteiger partial charge in [-0.3, -0.25) is 0 Å². The van der Waals surface area contributed by atoms with Gasteiger partial charge in [-0.15, -0.1) is 0 Å². The highest BCUT2D eigenvalue weighted by molar-refractivity contribution is 5.83. The van der Waals surface area contributed by atoms with E-state index in [0.717, 1.165) is 19.3 Å².